The molecular weight excluding hydrogens is 382 g/mol. The van der Waals surface area contributed by atoms with Crippen molar-refractivity contribution in [3.63, 3.8) is 0 Å². The molecule has 1 heterocycles. The van der Waals surface area contributed by atoms with Crippen molar-refractivity contribution < 1.29 is 14.5 Å². The standard InChI is InChI=1S/C23H19N3O4/c27-23(20-15-25-21-11-10-17(26(28)29)14-19(20)21)24-12-13-30-22-9-5-4-8-18(22)16-6-2-1-3-7-16/h1-11,14-15,25H,12-13H2,(H,24,27). The van der Waals surface area contributed by atoms with E-state index in [2.05, 4.69) is 10.3 Å². The second-order valence-corrected chi connectivity index (χ2v) is 6.66. The highest BCUT2D eigenvalue weighted by molar-refractivity contribution is 6.07. The van der Waals surface area contributed by atoms with Gasteiger partial charge >= 0.3 is 0 Å². The SMILES string of the molecule is O=C(NCCOc1ccccc1-c1ccccc1)c1c[nH]c2ccc([N+](=O)[O-])cc12. The van der Waals surface area contributed by atoms with Crippen LogP contribution in [0.15, 0.2) is 79.0 Å². The van der Waals surface area contributed by atoms with Crippen LogP contribution in [-0.4, -0.2) is 29.0 Å². The van der Waals surface area contributed by atoms with E-state index in [9.17, 15) is 14.9 Å². The van der Waals surface area contributed by atoms with Gasteiger partial charge in [0.15, 0.2) is 0 Å². The van der Waals surface area contributed by atoms with E-state index in [0.29, 0.717) is 23.0 Å². The maximum absolute atomic E-state index is 12.5. The molecule has 0 spiro atoms. The van der Waals surface area contributed by atoms with Crippen molar-refractivity contribution in [2.75, 3.05) is 13.2 Å². The molecule has 0 radical (unpaired) electrons. The average molecular weight is 401 g/mol. The molecule has 0 atom stereocenters. The number of H-pyrrole nitrogens is 1. The van der Waals surface area contributed by atoms with Gasteiger partial charge in [0.25, 0.3) is 11.6 Å². The molecule has 0 fully saturated rings. The van der Waals surface area contributed by atoms with Gasteiger partial charge < -0.3 is 15.0 Å². The summed E-state index contributed by atoms with van der Waals surface area (Å²) in [5.41, 5.74) is 3.00. The molecule has 4 aromatic rings. The van der Waals surface area contributed by atoms with Crippen molar-refractivity contribution in [2.24, 2.45) is 0 Å². The first-order chi connectivity index (χ1) is 14.6. The minimum atomic E-state index is -0.480. The molecule has 30 heavy (non-hydrogen) atoms. The average Bonchev–Trinajstić information content (AvgIpc) is 3.21. The van der Waals surface area contributed by atoms with Crippen LogP contribution in [0.5, 0.6) is 5.75 Å². The van der Waals surface area contributed by atoms with Crippen LogP contribution in [-0.2, 0) is 0 Å². The van der Waals surface area contributed by atoms with Crippen LogP contribution in [0, 0.1) is 10.1 Å². The summed E-state index contributed by atoms with van der Waals surface area (Å²) < 4.78 is 5.89. The van der Waals surface area contributed by atoms with E-state index in [4.69, 9.17) is 4.74 Å². The summed E-state index contributed by atoms with van der Waals surface area (Å²) in [6.45, 7) is 0.585. The summed E-state index contributed by atoms with van der Waals surface area (Å²) in [4.78, 5) is 26.0. The first-order valence-electron chi connectivity index (χ1n) is 9.44. The lowest BCUT2D eigenvalue weighted by atomic mass is 10.1. The van der Waals surface area contributed by atoms with Crippen molar-refractivity contribution >= 4 is 22.5 Å². The largest absolute Gasteiger partial charge is 0.491 e. The number of non-ortho nitro benzene ring substituents is 1. The summed E-state index contributed by atoms with van der Waals surface area (Å²) in [7, 11) is 0. The number of benzene rings is 3. The topological polar surface area (TPSA) is 97.3 Å². The molecule has 1 amide bonds. The number of ether oxygens (including phenoxy) is 1. The monoisotopic (exact) mass is 401 g/mol. The maximum Gasteiger partial charge on any atom is 0.270 e. The molecule has 7 heteroatoms. The third-order valence-electron chi connectivity index (χ3n) is 4.74. The fourth-order valence-electron chi connectivity index (χ4n) is 3.28. The Morgan fingerprint density at radius 2 is 1.80 bits per heavy atom. The number of nitro groups is 1. The quantitative estimate of drug-likeness (QED) is 0.270. The number of aromatic amines is 1. The summed E-state index contributed by atoms with van der Waals surface area (Å²) in [6, 6.07) is 22.1. The van der Waals surface area contributed by atoms with Gasteiger partial charge in [0.2, 0.25) is 0 Å². The number of nitrogens with zero attached hydrogens (tertiary/aromatic N) is 1. The molecule has 0 aliphatic heterocycles. The minimum absolute atomic E-state index is 0.0583. The smallest absolute Gasteiger partial charge is 0.270 e. The molecule has 3 aromatic carbocycles. The molecular formula is C23H19N3O4. The number of carbonyl (C=O) groups excluding carboxylic acids is 1. The van der Waals surface area contributed by atoms with Gasteiger partial charge in [-0.15, -0.1) is 0 Å². The molecule has 0 bridgehead atoms. The number of nitrogens with one attached hydrogen (secondary N) is 2. The van der Waals surface area contributed by atoms with Crippen LogP contribution in [0.2, 0.25) is 0 Å². The zero-order chi connectivity index (χ0) is 20.9. The normalized spacial score (nSPS) is 10.7. The number of fused-ring (bicyclic) bond motifs is 1. The van der Waals surface area contributed by atoms with E-state index in [1.165, 1.54) is 12.1 Å². The van der Waals surface area contributed by atoms with Crippen LogP contribution in [0.1, 0.15) is 10.4 Å². The number of hydrogen-bond acceptors (Lipinski definition) is 4. The number of nitro benzene ring substituents is 1. The Morgan fingerprint density at radius 3 is 2.60 bits per heavy atom. The van der Waals surface area contributed by atoms with Crippen LogP contribution >= 0.6 is 0 Å². The van der Waals surface area contributed by atoms with Crippen molar-refractivity contribution in [3.05, 3.63) is 94.7 Å². The third kappa shape index (κ3) is 4.00. The summed E-state index contributed by atoms with van der Waals surface area (Å²) >= 11 is 0. The van der Waals surface area contributed by atoms with Gasteiger partial charge in [0.1, 0.15) is 12.4 Å². The maximum atomic E-state index is 12.5. The number of amides is 1. The minimum Gasteiger partial charge on any atom is -0.491 e. The Morgan fingerprint density at radius 1 is 1.03 bits per heavy atom. The molecule has 150 valence electrons. The van der Waals surface area contributed by atoms with E-state index < -0.39 is 4.92 Å². The number of rotatable bonds is 7. The van der Waals surface area contributed by atoms with E-state index in [1.54, 1.807) is 12.3 Å². The van der Waals surface area contributed by atoms with Gasteiger partial charge in [-0.25, -0.2) is 0 Å². The van der Waals surface area contributed by atoms with E-state index in [0.717, 1.165) is 16.9 Å². The second kappa shape index (κ2) is 8.48. The Kier molecular flexibility index (Phi) is 5.43. The van der Waals surface area contributed by atoms with Crippen LogP contribution in [0.4, 0.5) is 5.69 Å². The Bertz CT molecular complexity index is 1200. The Hall–Kier alpha value is -4.13. The van der Waals surface area contributed by atoms with Crippen molar-refractivity contribution in [1.82, 2.24) is 10.3 Å². The summed E-state index contributed by atoms with van der Waals surface area (Å²) in [5, 5.41) is 14.3. The highest BCUT2D eigenvalue weighted by atomic mass is 16.6. The number of para-hydroxylation sites is 1. The molecule has 0 unspecified atom stereocenters. The first-order valence-corrected chi connectivity index (χ1v) is 9.44. The van der Waals surface area contributed by atoms with Gasteiger partial charge in [-0.05, 0) is 17.7 Å². The fraction of sp³-hybridized carbons (Fsp3) is 0.0870. The molecule has 0 saturated heterocycles. The fourth-order valence-corrected chi connectivity index (χ4v) is 3.28. The Labute approximate surface area is 172 Å². The molecule has 0 aliphatic carbocycles. The molecule has 4 rings (SSSR count). The second-order valence-electron chi connectivity index (χ2n) is 6.66. The lowest BCUT2D eigenvalue weighted by Gasteiger charge is -2.12. The van der Waals surface area contributed by atoms with Gasteiger partial charge in [0, 0.05) is 34.8 Å². The van der Waals surface area contributed by atoms with Crippen LogP contribution in [0.3, 0.4) is 0 Å². The molecule has 0 saturated carbocycles. The van der Waals surface area contributed by atoms with Crippen LogP contribution < -0.4 is 10.1 Å². The predicted octanol–water partition coefficient (Wildman–Crippen LogP) is 4.55. The predicted molar refractivity (Wildman–Crippen MR) is 115 cm³/mol. The molecule has 7 nitrogen and oxygen atoms in total. The zero-order valence-electron chi connectivity index (χ0n) is 16.0. The third-order valence-corrected chi connectivity index (χ3v) is 4.74. The van der Waals surface area contributed by atoms with Gasteiger partial charge in [-0.2, -0.15) is 0 Å². The van der Waals surface area contributed by atoms with Gasteiger partial charge in [-0.3, -0.25) is 14.9 Å². The summed E-state index contributed by atoms with van der Waals surface area (Å²) in [6.07, 6.45) is 1.55. The molecule has 0 aliphatic rings. The van der Waals surface area contributed by atoms with E-state index >= 15 is 0 Å². The van der Waals surface area contributed by atoms with Crippen molar-refractivity contribution in [1.29, 1.82) is 0 Å². The number of carbonyl (C=O) groups is 1. The zero-order valence-corrected chi connectivity index (χ0v) is 16.0. The highest BCUT2D eigenvalue weighted by Crippen LogP contribution is 2.29. The summed E-state index contributed by atoms with van der Waals surface area (Å²) in [5.74, 6) is 0.419. The van der Waals surface area contributed by atoms with Crippen molar-refractivity contribution in [3.8, 4) is 16.9 Å². The van der Waals surface area contributed by atoms with E-state index in [-0.39, 0.29) is 18.2 Å². The highest BCUT2D eigenvalue weighted by Gasteiger charge is 2.15. The number of aromatic nitrogens is 1. The van der Waals surface area contributed by atoms with Gasteiger partial charge in [-0.1, -0.05) is 48.5 Å². The lowest BCUT2D eigenvalue weighted by Crippen LogP contribution is -2.28. The molecule has 1 aromatic heterocycles. The van der Waals surface area contributed by atoms with Crippen molar-refractivity contribution in [2.45, 2.75) is 0 Å². The molecule has 2 N–H and O–H groups in total. The first kappa shape index (κ1) is 19.2. The van der Waals surface area contributed by atoms with Crippen LogP contribution in [0.25, 0.3) is 22.0 Å². The number of hydrogen-bond donors (Lipinski definition) is 2. The van der Waals surface area contributed by atoms with Gasteiger partial charge in [0.05, 0.1) is 17.0 Å². The van der Waals surface area contributed by atoms with E-state index in [1.807, 2.05) is 54.6 Å². The lowest BCUT2D eigenvalue weighted by molar-refractivity contribution is -0.384. The Balaban J connectivity index is 1.40.